The van der Waals surface area contributed by atoms with Crippen LogP contribution in [-0.4, -0.2) is 45.7 Å². The molecule has 0 N–H and O–H groups in total. The van der Waals surface area contributed by atoms with Crippen molar-refractivity contribution in [1.82, 2.24) is 14.5 Å². The predicted molar refractivity (Wildman–Crippen MR) is 96.6 cm³/mol. The van der Waals surface area contributed by atoms with Gasteiger partial charge in [0.15, 0.2) is 0 Å². The number of benzene rings is 1. The summed E-state index contributed by atoms with van der Waals surface area (Å²) >= 11 is 0. The number of carbonyl (C=O) groups is 1. The minimum absolute atomic E-state index is 0.0378. The van der Waals surface area contributed by atoms with Gasteiger partial charge in [-0.25, -0.2) is 4.98 Å². The third-order valence-corrected chi connectivity index (χ3v) is 4.60. The Kier molecular flexibility index (Phi) is 5.18. The number of amides is 1. The molecule has 0 spiro atoms. The van der Waals surface area contributed by atoms with Gasteiger partial charge < -0.3 is 9.64 Å². The summed E-state index contributed by atoms with van der Waals surface area (Å²) in [6, 6.07) is 7.36. The molecule has 0 saturated carbocycles. The van der Waals surface area contributed by atoms with Crippen LogP contribution in [0.25, 0.3) is 10.9 Å². The predicted octanol–water partition coefficient (Wildman–Crippen LogP) is 2.12. The molecule has 0 radical (unpaired) electrons. The van der Waals surface area contributed by atoms with Crippen molar-refractivity contribution in [2.24, 2.45) is 0 Å². The van der Waals surface area contributed by atoms with Crippen LogP contribution in [0.1, 0.15) is 32.5 Å². The van der Waals surface area contributed by atoms with Gasteiger partial charge in [-0.05, 0) is 39.3 Å². The maximum Gasteiger partial charge on any atom is 0.261 e. The van der Waals surface area contributed by atoms with E-state index < -0.39 is 0 Å². The van der Waals surface area contributed by atoms with Crippen LogP contribution in [0, 0.1) is 6.92 Å². The van der Waals surface area contributed by atoms with Crippen molar-refractivity contribution in [1.29, 1.82) is 0 Å². The molecule has 0 bridgehead atoms. The first-order valence-corrected chi connectivity index (χ1v) is 8.85. The maximum atomic E-state index is 12.6. The molecule has 1 aromatic heterocycles. The second-order valence-electron chi connectivity index (χ2n) is 6.79. The number of rotatable bonds is 4. The molecule has 1 saturated heterocycles. The number of carbonyl (C=O) groups excluding carboxylic acids is 1. The van der Waals surface area contributed by atoms with Crippen LogP contribution in [0.15, 0.2) is 29.1 Å². The Hall–Kier alpha value is -2.21. The van der Waals surface area contributed by atoms with Gasteiger partial charge in [0.05, 0.1) is 23.1 Å². The second-order valence-corrected chi connectivity index (χ2v) is 6.79. The summed E-state index contributed by atoms with van der Waals surface area (Å²) in [6.45, 7) is 7.59. The maximum absolute atomic E-state index is 12.6. The van der Waals surface area contributed by atoms with Crippen LogP contribution in [0.3, 0.4) is 0 Å². The van der Waals surface area contributed by atoms with E-state index >= 15 is 0 Å². The monoisotopic (exact) mass is 343 g/mol. The van der Waals surface area contributed by atoms with Crippen LogP contribution in [0.5, 0.6) is 0 Å². The van der Waals surface area contributed by atoms with Crippen LogP contribution in [0.2, 0.25) is 0 Å². The minimum Gasteiger partial charge on any atom is -0.372 e. The van der Waals surface area contributed by atoms with E-state index in [1.165, 1.54) is 0 Å². The molecule has 3 rings (SSSR count). The van der Waals surface area contributed by atoms with Gasteiger partial charge in [0, 0.05) is 26.1 Å². The molecule has 0 aliphatic carbocycles. The van der Waals surface area contributed by atoms with E-state index in [4.69, 9.17) is 4.74 Å². The third-order valence-electron chi connectivity index (χ3n) is 4.60. The van der Waals surface area contributed by atoms with Gasteiger partial charge in [0.25, 0.3) is 5.56 Å². The molecule has 134 valence electrons. The van der Waals surface area contributed by atoms with Crippen LogP contribution < -0.4 is 5.56 Å². The first-order chi connectivity index (χ1) is 12.0. The molecule has 2 heterocycles. The number of fused-ring (bicyclic) bond motifs is 1. The number of para-hydroxylation sites is 1. The summed E-state index contributed by atoms with van der Waals surface area (Å²) in [6.07, 6.45) is 1.20. The Bertz CT molecular complexity index is 820. The summed E-state index contributed by atoms with van der Waals surface area (Å²) < 4.78 is 7.33. The van der Waals surface area contributed by atoms with Crippen LogP contribution >= 0.6 is 0 Å². The highest BCUT2D eigenvalue weighted by Crippen LogP contribution is 2.13. The average Bonchev–Trinajstić information content (AvgIpc) is 2.56. The van der Waals surface area contributed by atoms with Gasteiger partial charge in [-0.3, -0.25) is 14.2 Å². The number of hydrogen-bond donors (Lipinski definition) is 0. The van der Waals surface area contributed by atoms with E-state index in [1.807, 2.05) is 43.9 Å². The summed E-state index contributed by atoms with van der Waals surface area (Å²) in [5.41, 5.74) is 0.679. The zero-order valence-electron chi connectivity index (χ0n) is 15.1. The first-order valence-electron chi connectivity index (χ1n) is 8.85. The molecule has 1 fully saturated rings. The molecular weight excluding hydrogens is 318 g/mol. The lowest BCUT2D eigenvalue weighted by molar-refractivity contribution is -0.143. The summed E-state index contributed by atoms with van der Waals surface area (Å²) in [4.78, 5) is 31.4. The Balaban J connectivity index is 1.65. The minimum atomic E-state index is -0.0378. The van der Waals surface area contributed by atoms with Crippen LogP contribution in [-0.2, 0) is 16.1 Å². The molecule has 1 aliphatic rings. The highest BCUT2D eigenvalue weighted by atomic mass is 16.5. The lowest BCUT2D eigenvalue weighted by atomic mass is 10.2. The topological polar surface area (TPSA) is 64.4 Å². The van der Waals surface area contributed by atoms with Gasteiger partial charge in [-0.2, -0.15) is 0 Å². The lowest BCUT2D eigenvalue weighted by Gasteiger charge is -2.35. The average molecular weight is 343 g/mol. The van der Waals surface area contributed by atoms with Crippen molar-refractivity contribution in [3.8, 4) is 0 Å². The number of hydrogen-bond acceptors (Lipinski definition) is 4. The summed E-state index contributed by atoms with van der Waals surface area (Å²) in [5.74, 6) is 0.811. The molecule has 2 atom stereocenters. The van der Waals surface area contributed by atoms with E-state index in [1.54, 1.807) is 10.6 Å². The van der Waals surface area contributed by atoms with E-state index in [2.05, 4.69) is 4.98 Å². The van der Waals surface area contributed by atoms with Gasteiger partial charge in [-0.1, -0.05) is 12.1 Å². The van der Waals surface area contributed by atoms with Crippen LogP contribution in [0.4, 0.5) is 0 Å². The molecule has 25 heavy (non-hydrogen) atoms. The van der Waals surface area contributed by atoms with E-state index in [0.717, 1.165) is 0 Å². The van der Waals surface area contributed by atoms with Crippen molar-refractivity contribution in [2.45, 2.75) is 52.4 Å². The molecule has 6 heteroatoms. The standard InChI is InChI=1S/C19H25N3O3/c1-13-11-21(12-14(2)25-13)18(23)9-6-10-22-15(3)20-17-8-5-4-7-16(17)19(22)24/h4-5,7-8,13-14H,6,9-12H2,1-3H3. The molecule has 6 nitrogen and oxygen atoms in total. The van der Waals surface area contributed by atoms with Gasteiger partial charge in [-0.15, -0.1) is 0 Å². The largest absolute Gasteiger partial charge is 0.372 e. The van der Waals surface area contributed by atoms with Gasteiger partial charge in [0.2, 0.25) is 5.91 Å². The fourth-order valence-corrected chi connectivity index (χ4v) is 3.47. The molecule has 2 unspecified atom stereocenters. The number of morpholine rings is 1. The fourth-order valence-electron chi connectivity index (χ4n) is 3.47. The number of nitrogens with zero attached hydrogens (tertiary/aromatic N) is 3. The van der Waals surface area contributed by atoms with Gasteiger partial charge in [0.1, 0.15) is 5.82 Å². The van der Waals surface area contributed by atoms with Crippen molar-refractivity contribution >= 4 is 16.8 Å². The lowest BCUT2D eigenvalue weighted by Crippen LogP contribution is -2.48. The highest BCUT2D eigenvalue weighted by Gasteiger charge is 2.25. The quantitative estimate of drug-likeness (QED) is 0.853. The Morgan fingerprint density at radius 1 is 1.24 bits per heavy atom. The number of aryl methyl sites for hydroxylation is 1. The first kappa shape index (κ1) is 17.6. The molecule has 2 aromatic rings. The van der Waals surface area contributed by atoms with Crippen molar-refractivity contribution < 1.29 is 9.53 Å². The normalized spacial score (nSPS) is 20.8. The molecule has 1 amide bonds. The third kappa shape index (κ3) is 3.90. The van der Waals surface area contributed by atoms with Crippen molar-refractivity contribution in [3.63, 3.8) is 0 Å². The van der Waals surface area contributed by atoms with Crippen molar-refractivity contribution in [2.75, 3.05) is 13.1 Å². The molecule has 1 aliphatic heterocycles. The number of aromatic nitrogens is 2. The zero-order chi connectivity index (χ0) is 18.0. The van der Waals surface area contributed by atoms with E-state index in [0.29, 0.717) is 49.2 Å². The van der Waals surface area contributed by atoms with E-state index in [9.17, 15) is 9.59 Å². The highest BCUT2D eigenvalue weighted by molar-refractivity contribution is 5.77. The van der Waals surface area contributed by atoms with E-state index in [-0.39, 0.29) is 23.7 Å². The summed E-state index contributed by atoms with van der Waals surface area (Å²) in [5, 5.41) is 0.621. The molecular formula is C19H25N3O3. The Morgan fingerprint density at radius 2 is 1.92 bits per heavy atom. The Morgan fingerprint density at radius 3 is 2.64 bits per heavy atom. The van der Waals surface area contributed by atoms with Crippen molar-refractivity contribution in [3.05, 3.63) is 40.4 Å². The van der Waals surface area contributed by atoms with Gasteiger partial charge >= 0.3 is 0 Å². The smallest absolute Gasteiger partial charge is 0.261 e. The fraction of sp³-hybridized carbons (Fsp3) is 0.526. The Labute approximate surface area is 147 Å². The number of ether oxygens (including phenoxy) is 1. The molecule has 1 aromatic carbocycles. The SMILES string of the molecule is Cc1nc2ccccc2c(=O)n1CCCC(=O)N1CC(C)OC(C)C1. The second kappa shape index (κ2) is 7.35. The summed E-state index contributed by atoms with van der Waals surface area (Å²) in [7, 11) is 0. The zero-order valence-corrected chi connectivity index (χ0v) is 15.1.